The Labute approximate surface area is 128 Å². The molecule has 3 atom stereocenters. The summed E-state index contributed by atoms with van der Waals surface area (Å²) < 4.78 is 26.4. The first kappa shape index (κ1) is 18.2. The second kappa shape index (κ2) is 7.40. The second-order valence-electron chi connectivity index (χ2n) is 5.78. The number of carbonyl (C=O) groups excluding carboxylic acids is 1. The van der Waals surface area contributed by atoms with Crippen LogP contribution in [0.5, 0.6) is 0 Å². The number of allylic oxidation sites excluding steroid dienone is 1. The lowest BCUT2D eigenvalue weighted by Crippen LogP contribution is -2.66. The molecule has 0 saturated heterocycles. The van der Waals surface area contributed by atoms with Crippen molar-refractivity contribution in [2.75, 3.05) is 7.05 Å². The topological polar surface area (TPSA) is 75.3 Å². The summed E-state index contributed by atoms with van der Waals surface area (Å²) in [5.74, 6) is -0.371. The molecule has 6 heteroatoms. The average molecular weight is 316 g/mol. The van der Waals surface area contributed by atoms with Crippen molar-refractivity contribution in [2.45, 2.75) is 63.7 Å². The molecule has 1 amide bonds. The van der Waals surface area contributed by atoms with Gasteiger partial charge in [0.25, 0.3) is 5.91 Å². The van der Waals surface area contributed by atoms with E-state index in [2.05, 4.69) is 23.0 Å². The minimum atomic E-state index is -3.59. The van der Waals surface area contributed by atoms with Crippen LogP contribution in [0.4, 0.5) is 0 Å². The van der Waals surface area contributed by atoms with Gasteiger partial charge in [-0.25, -0.2) is 8.42 Å². The van der Waals surface area contributed by atoms with E-state index in [1.54, 1.807) is 20.9 Å². The molecule has 122 valence electrons. The van der Waals surface area contributed by atoms with Gasteiger partial charge in [0.15, 0.2) is 0 Å². The first-order chi connectivity index (χ1) is 9.84. The lowest BCUT2D eigenvalue weighted by molar-refractivity contribution is -0.131. The number of unbranched alkanes of at least 4 members (excludes halogenated alkanes) is 1. The van der Waals surface area contributed by atoms with E-state index in [-0.39, 0.29) is 5.92 Å². The molecule has 1 rings (SSSR count). The molecule has 0 spiro atoms. The lowest BCUT2D eigenvalue weighted by atomic mass is 9.66. The Morgan fingerprint density at radius 2 is 2.10 bits per heavy atom. The summed E-state index contributed by atoms with van der Waals surface area (Å²) in [7, 11) is -1.87. The van der Waals surface area contributed by atoms with Crippen molar-refractivity contribution in [3.8, 4) is 0 Å². The van der Waals surface area contributed by atoms with E-state index in [4.69, 9.17) is 0 Å². The minimum Gasteiger partial charge on any atom is -0.306 e. The quantitative estimate of drug-likeness (QED) is 0.671. The highest BCUT2D eigenvalue weighted by atomic mass is 32.2. The monoisotopic (exact) mass is 316 g/mol. The number of likely N-dealkylation sites (N-methyl/N-ethyl adjacent to an activating group) is 1. The van der Waals surface area contributed by atoms with Gasteiger partial charge in [0.1, 0.15) is 5.54 Å². The number of sulfonamides is 1. The number of amides is 1. The Kier molecular flexibility index (Phi) is 6.41. The highest BCUT2D eigenvalue weighted by Gasteiger charge is 2.51. The fourth-order valence-electron chi connectivity index (χ4n) is 2.53. The minimum absolute atomic E-state index is 0.0567. The lowest BCUT2D eigenvalue weighted by Gasteiger charge is -2.46. The van der Waals surface area contributed by atoms with Gasteiger partial charge in [-0.2, -0.15) is 0 Å². The van der Waals surface area contributed by atoms with Gasteiger partial charge < -0.3 is 5.32 Å². The summed E-state index contributed by atoms with van der Waals surface area (Å²) in [6.07, 6.45) is 8.19. The molecule has 1 saturated carbocycles. The summed E-state index contributed by atoms with van der Waals surface area (Å²) in [4.78, 5) is 12.5. The zero-order chi connectivity index (χ0) is 16.1. The summed E-state index contributed by atoms with van der Waals surface area (Å²) >= 11 is 0. The molecular weight excluding hydrogens is 288 g/mol. The average Bonchev–Trinajstić information content (AvgIpc) is 2.41. The molecule has 0 aliphatic heterocycles. The largest absolute Gasteiger partial charge is 0.306 e. The fourth-order valence-corrected chi connectivity index (χ4v) is 3.61. The highest BCUT2D eigenvalue weighted by Crippen LogP contribution is 2.40. The van der Waals surface area contributed by atoms with Crippen LogP contribution in [0, 0.1) is 5.92 Å². The molecule has 0 aromatic carbocycles. The SMILES string of the molecule is CCCC=CC1CCC1(NC)C(=O)NS(=O)(=O)C(C)CC. The van der Waals surface area contributed by atoms with Gasteiger partial charge in [0.05, 0.1) is 5.25 Å². The molecule has 5 nitrogen and oxygen atoms in total. The van der Waals surface area contributed by atoms with E-state index in [9.17, 15) is 13.2 Å². The van der Waals surface area contributed by atoms with Crippen LogP contribution >= 0.6 is 0 Å². The van der Waals surface area contributed by atoms with Gasteiger partial charge in [0.2, 0.25) is 10.0 Å². The molecule has 0 radical (unpaired) electrons. The summed E-state index contributed by atoms with van der Waals surface area (Å²) in [5, 5.41) is 2.48. The Morgan fingerprint density at radius 3 is 2.52 bits per heavy atom. The number of hydrogen-bond acceptors (Lipinski definition) is 4. The van der Waals surface area contributed by atoms with Crippen molar-refractivity contribution < 1.29 is 13.2 Å². The van der Waals surface area contributed by atoms with Gasteiger partial charge in [-0.3, -0.25) is 9.52 Å². The Balaban J connectivity index is 2.83. The maximum Gasteiger partial charge on any atom is 0.254 e. The predicted molar refractivity (Wildman–Crippen MR) is 85.4 cm³/mol. The molecule has 1 aliphatic rings. The Bertz CT molecular complexity index is 483. The molecule has 0 bridgehead atoms. The van der Waals surface area contributed by atoms with Gasteiger partial charge in [-0.1, -0.05) is 32.4 Å². The molecule has 0 aromatic rings. The highest BCUT2D eigenvalue weighted by molar-refractivity contribution is 7.90. The van der Waals surface area contributed by atoms with Crippen molar-refractivity contribution >= 4 is 15.9 Å². The van der Waals surface area contributed by atoms with Crippen LogP contribution in [0.2, 0.25) is 0 Å². The molecule has 1 aliphatic carbocycles. The van der Waals surface area contributed by atoms with E-state index < -0.39 is 26.7 Å². The zero-order valence-electron chi connectivity index (χ0n) is 13.5. The van der Waals surface area contributed by atoms with Crippen LogP contribution < -0.4 is 10.0 Å². The standard InChI is InChI=1S/C15H28N2O3S/c1-5-7-8-9-13-10-11-15(13,16-4)14(18)17-21(19,20)12(3)6-2/h8-9,12-13,16H,5-7,10-11H2,1-4H3,(H,17,18). The third-order valence-corrected chi connectivity index (χ3v) is 6.36. The molecular formula is C15H28N2O3S. The zero-order valence-corrected chi connectivity index (χ0v) is 14.3. The summed E-state index contributed by atoms with van der Waals surface area (Å²) in [5.41, 5.74) is -0.787. The predicted octanol–water partition coefficient (Wildman–Crippen LogP) is 1.96. The van der Waals surface area contributed by atoms with E-state index in [1.807, 2.05) is 6.08 Å². The fraction of sp³-hybridized carbons (Fsp3) is 0.800. The van der Waals surface area contributed by atoms with Gasteiger partial charge >= 0.3 is 0 Å². The molecule has 2 N–H and O–H groups in total. The van der Waals surface area contributed by atoms with Crippen molar-refractivity contribution in [3.63, 3.8) is 0 Å². The van der Waals surface area contributed by atoms with Gasteiger partial charge in [-0.05, 0) is 39.7 Å². The number of nitrogens with one attached hydrogen (secondary N) is 2. The van der Waals surface area contributed by atoms with Crippen LogP contribution in [-0.2, 0) is 14.8 Å². The molecule has 1 fully saturated rings. The third-order valence-electron chi connectivity index (χ3n) is 4.50. The van der Waals surface area contributed by atoms with Crippen LogP contribution in [0.3, 0.4) is 0 Å². The summed E-state index contributed by atoms with van der Waals surface area (Å²) in [6, 6.07) is 0. The van der Waals surface area contributed by atoms with Crippen molar-refractivity contribution in [1.29, 1.82) is 0 Å². The first-order valence-corrected chi connectivity index (χ1v) is 9.30. The van der Waals surface area contributed by atoms with Crippen LogP contribution in [0.15, 0.2) is 12.2 Å². The van der Waals surface area contributed by atoms with E-state index >= 15 is 0 Å². The number of rotatable bonds is 8. The van der Waals surface area contributed by atoms with Crippen LogP contribution in [-0.4, -0.2) is 32.2 Å². The molecule has 0 heterocycles. The van der Waals surface area contributed by atoms with E-state index in [0.29, 0.717) is 12.8 Å². The van der Waals surface area contributed by atoms with E-state index in [0.717, 1.165) is 19.3 Å². The van der Waals surface area contributed by atoms with Crippen molar-refractivity contribution in [1.82, 2.24) is 10.0 Å². The van der Waals surface area contributed by atoms with Crippen molar-refractivity contribution in [2.24, 2.45) is 5.92 Å². The van der Waals surface area contributed by atoms with Crippen LogP contribution in [0.25, 0.3) is 0 Å². The second-order valence-corrected chi connectivity index (χ2v) is 7.88. The third kappa shape index (κ3) is 3.86. The Hall–Kier alpha value is -0.880. The van der Waals surface area contributed by atoms with Crippen molar-refractivity contribution in [3.05, 3.63) is 12.2 Å². The molecule has 3 unspecified atom stereocenters. The van der Waals surface area contributed by atoms with E-state index in [1.165, 1.54) is 0 Å². The Morgan fingerprint density at radius 1 is 1.43 bits per heavy atom. The summed E-state index contributed by atoms with van der Waals surface area (Å²) in [6.45, 7) is 5.50. The normalized spacial score (nSPS) is 27.3. The van der Waals surface area contributed by atoms with Gasteiger partial charge in [-0.15, -0.1) is 0 Å². The molecule has 21 heavy (non-hydrogen) atoms. The smallest absolute Gasteiger partial charge is 0.254 e. The van der Waals surface area contributed by atoms with Gasteiger partial charge in [0, 0.05) is 5.92 Å². The number of hydrogen-bond donors (Lipinski definition) is 2. The van der Waals surface area contributed by atoms with Crippen LogP contribution in [0.1, 0.15) is 52.9 Å². The number of carbonyl (C=O) groups is 1. The maximum atomic E-state index is 12.5. The first-order valence-electron chi connectivity index (χ1n) is 7.75. The maximum absolute atomic E-state index is 12.5. The molecule has 0 aromatic heterocycles.